The van der Waals surface area contributed by atoms with Crippen LogP contribution >= 0.6 is 0 Å². The number of aromatic nitrogens is 4. The molecule has 0 saturated heterocycles. The molecule has 9 nitrogen and oxygen atoms in total. The van der Waals surface area contributed by atoms with Crippen LogP contribution in [0.4, 0.5) is 19.8 Å². The van der Waals surface area contributed by atoms with E-state index in [2.05, 4.69) is 15.0 Å². The Bertz CT molecular complexity index is 1390. The molecule has 0 spiro atoms. The zero-order chi connectivity index (χ0) is 24.6. The standard InChI is InChI=1S/C24H22FN5O4/c1-24(2,3)34-23(33)29(4)21-6-5-15(11-28-21)18-10-17(25)16(12-27-18)19-9-14-7-8-26-13-20(14)30(19)22(31)32/h5-13H,1-4H3,(H,31,32). The molecule has 0 fully saturated rings. The average Bonchev–Trinajstić information content (AvgIpc) is 3.17. The van der Waals surface area contributed by atoms with Gasteiger partial charge in [-0.2, -0.15) is 0 Å². The van der Waals surface area contributed by atoms with Crippen molar-refractivity contribution in [3.8, 4) is 22.5 Å². The van der Waals surface area contributed by atoms with Gasteiger partial charge in [0, 0.05) is 42.7 Å². The molecule has 4 rings (SSSR count). The first kappa shape index (κ1) is 22.8. The van der Waals surface area contributed by atoms with Crippen molar-refractivity contribution in [1.82, 2.24) is 19.5 Å². The van der Waals surface area contributed by atoms with Crippen LogP contribution in [-0.2, 0) is 4.74 Å². The molecule has 0 bridgehead atoms. The minimum atomic E-state index is -1.25. The summed E-state index contributed by atoms with van der Waals surface area (Å²) in [5.74, 6) is -0.284. The van der Waals surface area contributed by atoms with Gasteiger partial charge in [-0.15, -0.1) is 0 Å². The number of amides is 1. The highest BCUT2D eigenvalue weighted by atomic mass is 19.1. The second kappa shape index (κ2) is 8.54. The van der Waals surface area contributed by atoms with Crippen LogP contribution in [0.5, 0.6) is 0 Å². The lowest BCUT2D eigenvalue weighted by Gasteiger charge is -2.24. The molecule has 0 unspecified atom stereocenters. The summed E-state index contributed by atoms with van der Waals surface area (Å²) < 4.78 is 21.4. The third-order valence-corrected chi connectivity index (χ3v) is 4.98. The summed E-state index contributed by atoms with van der Waals surface area (Å²) in [6.45, 7) is 5.31. The second-order valence-electron chi connectivity index (χ2n) is 8.58. The van der Waals surface area contributed by atoms with Crippen molar-refractivity contribution in [3.63, 3.8) is 0 Å². The first-order chi connectivity index (χ1) is 16.0. The molecular formula is C24H22FN5O4. The van der Waals surface area contributed by atoms with E-state index < -0.39 is 23.6 Å². The largest absolute Gasteiger partial charge is 0.464 e. The van der Waals surface area contributed by atoms with Crippen LogP contribution in [0.1, 0.15) is 20.8 Å². The maximum Gasteiger partial charge on any atom is 0.416 e. The van der Waals surface area contributed by atoms with Gasteiger partial charge >= 0.3 is 12.2 Å². The monoisotopic (exact) mass is 463 g/mol. The van der Waals surface area contributed by atoms with Crippen molar-refractivity contribution in [2.75, 3.05) is 11.9 Å². The quantitative estimate of drug-likeness (QED) is 0.445. The van der Waals surface area contributed by atoms with Crippen LogP contribution in [0.2, 0.25) is 0 Å². The van der Waals surface area contributed by atoms with Gasteiger partial charge in [0.1, 0.15) is 17.2 Å². The summed E-state index contributed by atoms with van der Waals surface area (Å²) in [6.07, 6.45) is 3.89. The number of hydrogen-bond acceptors (Lipinski definition) is 6. The van der Waals surface area contributed by atoms with Crippen LogP contribution < -0.4 is 4.90 Å². The van der Waals surface area contributed by atoms with Crippen molar-refractivity contribution in [2.24, 2.45) is 0 Å². The number of halogens is 1. The van der Waals surface area contributed by atoms with Crippen molar-refractivity contribution in [2.45, 2.75) is 26.4 Å². The highest BCUT2D eigenvalue weighted by Crippen LogP contribution is 2.31. The van der Waals surface area contributed by atoms with E-state index in [0.29, 0.717) is 28.0 Å². The third kappa shape index (κ3) is 4.42. The second-order valence-corrected chi connectivity index (χ2v) is 8.58. The molecule has 4 aromatic heterocycles. The zero-order valence-corrected chi connectivity index (χ0v) is 19.0. The van der Waals surface area contributed by atoms with Crippen molar-refractivity contribution in [3.05, 3.63) is 60.9 Å². The molecule has 0 aliphatic heterocycles. The Hall–Kier alpha value is -4.34. The van der Waals surface area contributed by atoms with Crippen LogP contribution in [0.3, 0.4) is 0 Å². The van der Waals surface area contributed by atoms with Gasteiger partial charge < -0.3 is 9.84 Å². The minimum absolute atomic E-state index is 0.0385. The molecule has 0 aliphatic carbocycles. The molecule has 0 aromatic carbocycles. The van der Waals surface area contributed by atoms with Gasteiger partial charge in [-0.3, -0.25) is 14.9 Å². The average molecular weight is 463 g/mol. The lowest BCUT2D eigenvalue weighted by Crippen LogP contribution is -2.34. The molecule has 0 atom stereocenters. The third-order valence-electron chi connectivity index (χ3n) is 4.98. The Kier molecular flexibility index (Phi) is 5.74. The lowest BCUT2D eigenvalue weighted by atomic mass is 10.1. The number of carbonyl (C=O) groups excluding carboxylic acids is 1. The summed E-state index contributed by atoms with van der Waals surface area (Å²) in [4.78, 5) is 37.8. The number of ether oxygens (including phenoxy) is 1. The maximum absolute atomic E-state index is 15.1. The number of rotatable bonds is 3. The highest BCUT2D eigenvalue weighted by Gasteiger charge is 2.22. The normalized spacial score (nSPS) is 11.4. The molecular weight excluding hydrogens is 441 g/mol. The van der Waals surface area contributed by atoms with E-state index in [1.165, 1.54) is 35.8 Å². The summed E-state index contributed by atoms with van der Waals surface area (Å²) in [5.41, 5.74) is 0.727. The lowest BCUT2D eigenvalue weighted by molar-refractivity contribution is 0.0588. The number of hydrogen-bond donors (Lipinski definition) is 1. The molecule has 174 valence electrons. The Labute approximate surface area is 194 Å². The summed E-state index contributed by atoms with van der Waals surface area (Å²) in [7, 11) is 1.54. The van der Waals surface area contributed by atoms with Crippen LogP contribution in [-0.4, -0.2) is 49.5 Å². The van der Waals surface area contributed by atoms with E-state index in [4.69, 9.17) is 4.74 Å². The minimum Gasteiger partial charge on any atom is -0.464 e. The van der Waals surface area contributed by atoms with Gasteiger partial charge in [-0.1, -0.05) is 0 Å². The fraction of sp³-hybridized carbons (Fsp3) is 0.208. The van der Waals surface area contributed by atoms with Gasteiger partial charge in [0.2, 0.25) is 0 Å². The Morgan fingerprint density at radius 1 is 1.09 bits per heavy atom. The van der Waals surface area contributed by atoms with Crippen LogP contribution in [0.15, 0.2) is 55.1 Å². The molecule has 0 radical (unpaired) electrons. The molecule has 0 aliphatic rings. The molecule has 34 heavy (non-hydrogen) atoms. The number of pyridine rings is 3. The Morgan fingerprint density at radius 3 is 2.47 bits per heavy atom. The van der Waals surface area contributed by atoms with E-state index >= 15 is 4.39 Å². The van der Waals surface area contributed by atoms with Crippen molar-refractivity contribution in [1.29, 1.82) is 0 Å². The van der Waals surface area contributed by atoms with Gasteiger partial charge in [-0.25, -0.2) is 23.5 Å². The first-order valence-electron chi connectivity index (χ1n) is 10.3. The topological polar surface area (TPSA) is 110 Å². The molecule has 4 heterocycles. The predicted molar refractivity (Wildman–Crippen MR) is 124 cm³/mol. The van der Waals surface area contributed by atoms with Gasteiger partial charge in [0.05, 0.1) is 28.7 Å². The molecule has 0 saturated carbocycles. The molecule has 1 N–H and O–H groups in total. The SMILES string of the molecule is CN(C(=O)OC(C)(C)C)c1ccc(-c2cc(F)c(-c3cc4ccncc4n3C(=O)O)cn2)cn1. The van der Waals surface area contributed by atoms with E-state index in [9.17, 15) is 14.7 Å². The van der Waals surface area contributed by atoms with E-state index in [1.807, 2.05) is 0 Å². The van der Waals surface area contributed by atoms with Crippen molar-refractivity contribution >= 4 is 28.9 Å². The predicted octanol–water partition coefficient (Wildman–Crippen LogP) is 5.20. The van der Waals surface area contributed by atoms with E-state index in [0.717, 1.165) is 4.57 Å². The molecule has 1 amide bonds. The zero-order valence-electron chi connectivity index (χ0n) is 19.0. The molecule has 10 heteroatoms. The number of carboxylic acid groups (broad SMARTS) is 1. The van der Waals surface area contributed by atoms with E-state index in [-0.39, 0.29) is 11.3 Å². The van der Waals surface area contributed by atoms with Gasteiger partial charge in [-0.05, 0) is 45.0 Å². The fourth-order valence-electron chi connectivity index (χ4n) is 3.39. The van der Waals surface area contributed by atoms with Gasteiger partial charge in [0.15, 0.2) is 0 Å². The number of nitrogens with zero attached hydrogens (tertiary/aromatic N) is 5. The molecule has 4 aromatic rings. The summed E-state index contributed by atoms with van der Waals surface area (Å²) in [5, 5.41) is 10.3. The number of fused-ring (bicyclic) bond motifs is 1. The smallest absolute Gasteiger partial charge is 0.416 e. The summed E-state index contributed by atoms with van der Waals surface area (Å²) in [6, 6.07) is 7.70. The first-order valence-corrected chi connectivity index (χ1v) is 10.3. The number of anilines is 1. The van der Waals surface area contributed by atoms with Crippen LogP contribution in [0.25, 0.3) is 33.4 Å². The Balaban J connectivity index is 1.64. The fourth-order valence-corrected chi connectivity index (χ4v) is 3.39. The van der Waals surface area contributed by atoms with Crippen molar-refractivity contribution < 1.29 is 23.8 Å². The Morgan fingerprint density at radius 2 is 1.85 bits per heavy atom. The summed E-state index contributed by atoms with van der Waals surface area (Å²) >= 11 is 0. The van der Waals surface area contributed by atoms with Gasteiger partial charge in [0.25, 0.3) is 0 Å². The van der Waals surface area contributed by atoms with Crippen LogP contribution in [0, 0.1) is 5.82 Å². The number of carbonyl (C=O) groups is 2. The van der Waals surface area contributed by atoms with E-state index in [1.54, 1.807) is 52.1 Å². The highest BCUT2D eigenvalue weighted by molar-refractivity contribution is 5.95. The maximum atomic E-state index is 15.1.